The van der Waals surface area contributed by atoms with E-state index < -0.39 is 0 Å². The zero-order valence-corrected chi connectivity index (χ0v) is 12.9. The summed E-state index contributed by atoms with van der Waals surface area (Å²) in [5.74, 6) is 0.440. The molecule has 118 valence electrons. The molecule has 0 atom stereocenters. The van der Waals surface area contributed by atoms with Crippen LogP contribution in [0, 0.1) is 0 Å². The van der Waals surface area contributed by atoms with Crippen molar-refractivity contribution in [2.24, 2.45) is 0 Å². The fourth-order valence-corrected chi connectivity index (χ4v) is 2.66. The lowest BCUT2D eigenvalue weighted by molar-refractivity contribution is -0.118. The summed E-state index contributed by atoms with van der Waals surface area (Å²) in [6, 6.07) is 22.7. The molecule has 0 unspecified atom stereocenters. The van der Waals surface area contributed by atoms with Crippen LogP contribution in [0.25, 0.3) is 21.9 Å². The Morgan fingerprint density at radius 3 is 2.50 bits per heavy atom. The van der Waals surface area contributed by atoms with E-state index in [1.165, 1.54) is 0 Å². The number of hydrogen-bond donors (Lipinski definition) is 1. The van der Waals surface area contributed by atoms with Crippen molar-refractivity contribution in [1.82, 2.24) is 0 Å². The highest BCUT2D eigenvalue weighted by Crippen LogP contribution is 2.31. The predicted octanol–water partition coefficient (Wildman–Crippen LogP) is 4.60. The van der Waals surface area contributed by atoms with Crippen LogP contribution in [0.3, 0.4) is 0 Å². The lowest BCUT2D eigenvalue weighted by Gasteiger charge is -2.07. The number of carbonyl (C=O) groups is 1. The normalized spacial score (nSPS) is 10.8. The molecule has 1 aromatic heterocycles. The number of nitrogens with one attached hydrogen (secondary N) is 1. The van der Waals surface area contributed by atoms with Crippen molar-refractivity contribution < 1.29 is 13.9 Å². The number of benzene rings is 3. The van der Waals surface area contributed by atoms with E-state index in [4.69, 9.17) is 9.15 Å². The van der Waals surface area contributed by atoms with Gasteiger partial charge in [-0.3, -0.25) is 4.79 Å². The van der Waals surface area contributed by atoms with Gasteiger partial charge in [0, 0.05) is 16.5 Å². The summed E-state index contributed by atoms with van der Waals surface area (Å²) in [5.41, 5.74) is 2.39. The van der Waals surface area contributed by atoms with E-state index in [-0.39, 0.29) is 12.5 Å². The number of ether oxygens (including phenoxy) is 1. The third-order valence-electron chi connectivity index (χ3n) is 3.78. The average Bonchev–Trinajstić information content (AvgIpc) is 2.99. The van der Waals surface area contributed by atoms with Crippen LogP contribution in [0.15, 0.2) is 77.2 Å². The molecule has 0 aliphatic carbocycles. The molecule has 4 rings (SSSR count). The molecule has 1 heterocycles. The van der Waals surface area contributed by atoms with E-state index in [1.807, 2.05) is 66.7 Å². The molecule has 24 heavy (non-hydrogen) atoms. The van der Waals surface area contributed by atoms with Gasteiger partial charge in [-0.1, -0.05) is 36.4 Å². The molecular formula is C20H15NO3. The topological polar surface area (TPSA) is 51.5 Å². The second-order valence-corrected chi connectivity index (χ2v) is 5.46. The average molecular weight is 317 g/mol. The molecule has 0 bridgehead atoms. The Hall–Kier alpha value is -3.27. The zero-order chi connectivity index (χ0) is 16.4. The number of hydrogen-bond acceptors (Lipinski definition) is 3. The lowest BCUT2D eigenvalue weighted by atomic mass is 10.1. The van der Waals surface area contributed by atoms with Crippen LogP contribution in [0.2, 0.25) is 0 Å². The quantitative estimate of drug-likeness (QED) is 0.598. The minimum absolute atomic E-state index is 0.0455. The van der Waals surface area contributed by atoms with E-state index >= 15 is 0 Å². The highest BCUT2D eigenvalue weighted by Gasteiger charge is 2.08. The van der Waals surface area contributed by atoms with Crippen LogP contribution in [-0.2, 0) is 4.79 Å². The molecular weight excluding hydrogens is 302 g/mol. The Kier molecular flexibility index (Phi) is 3.63. The SMILES string of the molecule is O=C(COc1ccc2oc3ccccc3c2c1)Nc1ccccc1. The van der Waals surface area contributed by atoms with Crippen molar-refractivity contribution in [1.29, 1.82) is 0 Å². The maximum absolute atomic E-state index is 12.0. The number of furan rings is 1. The van der Waals surface area contributed by atoms with E-state index in [0.717, 1.165) is 27.6 Å². The fourth-order valence-electron chi connectivity index (χ4n) is 2.66. The molecule has 4 heteroatoms. The first kappa shape index (κ1) is 14.3. The second-order valence-electron chi connectivity index (χ2n) is 5.46. The summed E-state index contributed by atoms with van der Waals surface area (Å²) >= 11 is 0. The summed E-state index contributed by atoms with van der Waals surface area (Å²) in [6.45, 7) is -0.0455. The Morgan fingerprint density at radius 1 is 0.875 bits per heavy atom. The number of rotatable bonds is 4. The van der Waals surface area contributed by atoms with Crippen LogP contribution < -0.4 is 10.1 Å². The van der Waals surface area contributed by atoms with E-state index in [0.29, 0.717) is 5.75 Å². The largest absolute Gasteiger partial charge is 0.484 e. The fraction of sp³-hybridized carbons (Fsp3) is 0.0500. The Labute approximate surface area is 138 Å². The first-order chi connectivity index (χ1) is 11.8. The lowest BCUT2D eigenvalue weighted by Crippen LogP contribution is -2.20. The summed E-state index contributed by atoms with van der Waals surface area (Å²) in [7, 11) is 0. The van der Waals surface area contributed by atoms with Gasteiger partial charge in [0.15, 0.2) is 6.61 Å². The van der Waals surface area contributed by atoms with Crippen molar-refractivity contribution in [3.05, 3.63) is 72.8 Å². The van der Waals surface area contributed by atoms with Gasteiger partial charge in [0.1, 0.15) is 16.9 Å². The van der Waals surface area contributed by atoms with Crippen molar-refractivity contribution in [3.63, 3.8) is 0 Å². The predicted molar refractivity (Wildman–Crippen MR) is 94.3 cm³/mol. The monoisotopic (exact) mass is 317 g/mol. The molecule has 1 amide bonds. The van der Waals surface area contributed by atoms with Crippen molar-refractivity contribution in [2.45, 2.75) is 0 Å². The molecule has 0 saturated carbocycles. The van der Waals surface area contributed by atoms with E-state index in [2.05, 4.69) is 5.32 Å². The Morgan fingerprint density at radius 2 is 1.62 bits per heavy atom. The maximum atomic E-state index is 12.0. The van der Waals surface area contributed by atoms with Gasteiger partial charge in [-0.05, 0) is 36.4 Å². The van der Waals surface area contributed by atoms with Crippen LogP contribution in [-0.4, -0.2) is 12.5 Å². The second kappa shape index (κ2) is 6.08. The van der Waals surface area contributed by atoms with Crippen molar-refractivity contribution in [2.75, 3.05) is 11.9 Å². The highest BCUT2D eigenvalue weighted by atomic mass is 16.5. The summed E-state index contributed by atoms with van der Waals surface area (Å²) in [5, 5.41) is 4.80. The number of para-hydroxylation sites is 2. The van der Waals surface area contributed by atoms with Gasteiger partial charge in [-0.2, -0.15) is 0 Å². The van der Waals surface area contributed by atoms with Gasteiger partial charge < -0.3 is 14.5 Å². The zero-order valence-electron chi connectivity index (χ0n) is 12.9. The molecule has 0 fully saturated rings. The van der Waals surface area contributed by atoms with E-state index in [9.17, 15) is 4.79 Å². The number of amides is 1. The van der Waals surface area contributed by atoms with E-state index in [1.54, 1.807) is 6.07 Å². The third-order valence-corrected chi connectivity index (χ3v) is 3.78. The molecule has 1 N–H and O–H groups in total. The maximum Gasteiger partial charge on any atom is 0.262 e. The minimum atomic E-state index is -0.196. The van der Waals surface area contributed by atoms with Crippen LogP contribution in [0.1, 0.15) is 0 Å². The molecule has 0 saturated heterocycles. The summed E-state index contributed by atoms with van der Waals surface area (Å²) in [6.07, 6.45) is 0. The molecule has 0 aliphatic rings. The smallest absolute Gasteiger partial charge is 0.262 e. The van der Waals surface area contributed by atoms with Gasteiger partial charge in [0.05, 0.1) is 0 Å². The third kappa shape index (κ3) is 2.82. The first-order valence-corrected chi connectivity index (χ1v) is 7.68. The van der Waals surface area contributed by atoms with Crippen molar-refractivity contribution >= 4 is 33.5 Å². The Bertz CT molecular complexity index is 1010. The molecule has 0 aliphatic heterocycles. The number of fused-ring (bicyclic) bond motifs is 3. The molecule has 4 aromatic rings. The number of anilines is 1. The van der Waals surface area contributed by atoms with Crippen LogP contribution >= 0.6 is 0 Å². The van der Waals surface area contributed by atoms with Gasteiger partial charge in [-0.15, -0.1) is 0 Å². The molecule has 3 aromatic carbocycles. The summed E-state index contributed by atoms with van der Waals surface area (Å²) in [4.78, 5) is 12.0. The minimum Gasteiger partial charge on any atom is -0.484 e. The molecule has 0 radical (unpaired) electrons. The van der Waals surface area contributed by atoms with Gasteiger partial charge in [-0.25, -0.2) is 0 Å². The standard InChI is InChI=1S/C20H15NO3/c22-20(21-14-6-2-1-3-7-14)13-23-15-10-11-19-17(12-15)16-8-4-5-9-18(16)24-19/h1-12H,13H2,(H,21,22). The van der Waals surface area contributed by atoms with Gasteiger partial charge in [0.2, 0.25) is 0 Å². The highest BCUT2D eigenvalue weighted by molar-refractivity contribution is 6.05. The first-order valence-electron chi connectivity index (χ1n) is 7.68. The van der Waals surface area contributed by atoms with Crippen LogP contribution in [0.4, 0.5) is 5.69 Å². The molecule has 4 nitrogen and oxygen atoms in total. The molecule has 0 spiro atoms. The van der Waals surface area contributed by atoms with Gasteiger partial charge in [0.25, 0.3) is 5.91 Å². The Balaban J connectivity index is 1.50. The number of carbonyl (C=O) groups excluding carboxylic acids is 1. The van der Waals surface area contributed by atoms with Gasteiger partial charge >= 0.3 is 0 Å². The van der Waals surface area contributed by atoms with Crippen molar-refractivity contribution in [3.8, 4) is 5.75 Å². The summed E-state index contributed by atoms with van der Waals surface area (Å²) < 4.78 is 11.4. The van der Waals surface area contributed by atoms with Crippen LogP contribution in [0.5, 0.6) is 5.75 Å².